The van der Waals surface area contributed by atoms with Crippen LogP contribution in [0.3, 0.4) is 0 Å². The van der Waals surface area contributed by atoms with Gasteiger partial charge in [0.1, 0.15) is 5.56 Å². The van der Waals surface area contributed by atoms with Crippen LogP contribution in [0.15, 0.2) is 35.3 Å². The van der Waals surface area contributed by atoms with E-state index >= 15 is 0 Å². The van der Waals surface area contributed by atoms with E-state index in [-0.39, 0.29) is 12.0 Å². The van der Waals surface area contributed by atoms with Crippen LogP contribution in [0, 0.1) is 0 Å². The van der Waals surface area contributed by atoms with E-state index in [4.69, 9.17) is 5.11 Å². The van der Waals surface area contributed by atoms with Gasteiger partial charge in [0.25, 0.3) is 0 Å². The summed E-state index contributed by atoms with van der Waals surface area (Å²) in [5.74, 6) is -1.26. The van der Waals surface area contributed by atoms with Crippen molar-refractivity contribution in [2.45, 2.75) is 13.0 Å². The van der Waals surface area contributed by atoms with E-state index in [0.717, 1.165) is 0 Å². The highest BCUT2D eigenvalue weighted by atomic mass is 19.1. The molecule has 0 fully saturated rings. The van der Waals surface area contributed by atoms with Gasteiger partial charge in [0, 0.05) is 18.1 Å². The number of alkyl halides is 1. The SMILES string of the molecule is O=C(O)c1cn(CCCF)c2ccccc2c1=O. The van der Waals surface area contributed by atoms with Gasteiger partial charge in [-0.2, -0.15) is 0 Å². The molecule has 0 aliphatic heterocycles. The molecule has 0 amide bonds. The average molecular weight is 249 g/mol. The zero-order chi connectivity index (χ0) is 13.1. The van der Waals surface area contributed by atoms with E-state index in [9.17, 15) is 14.0 Å². The summed E-state index contributed by atoms with van der Waals surface area (Å²) in [6.45, 7) is -0.138. The van der Waals surface area contributed by atoms with Crippen molar-refractivity contribution in [3.05, 3.63) is 46.2 Å². The molecule has 0 aliphatic carbocycles. The molecule has 0 aliphatic rings. The van der Waals surface area contributed by atoms with Crippen LogP contribution in [0.5, 0.6) is 0 Å². The number of aromatic nitrogens is 1. The fourth-order valence-electron chi connectivity index (χ4n) is 1.91. The summed E-state index contributed by atoms with van der Waals surface area (Å²) in [7, 11) is 0. The smallest absolute Gasteiger partial charge is 0.341 e. The molecule has 0 atom stereocenters. The molecule has 4 nitrogen and oxygen atoms in total. The largest absolute Gasteiger partial charge is 0.477 e. The topological polar surface area (TPSA) is 59.3 Å². The van der Waals surface area contributed by atoms with Crippen molar-refractivity contribution in [3.63, 3.8) is 0 Å². The van der Waals surface area contributed by atoms with Crippen LogP contribution in [0.25, 0.3) is 10.9 Å². The van der Waals surface area contributed by atoms with E-state index in [1.165, 1.54) is 6.20 Å². The van der Waals surface area contributed by atoms with Crippen molar-refractivity contribution >= 4 is 16.9 Å². The molecule has 0 bridgehead atoms. The molecule has 0 saturated heterocycles. The molecule has 1 N–H and O–H groups in total. The molecule has 5 heteroatoms. The minimum atomic E-state index is -1.26. The van der Waals surface area contributed by atoms with Gasteiger partial charge in [0.15, 0.2) is 0 Å². The third-order valence-electron chi connectivity index (χ3n) is 2.75. The van der Waals surface area contributed by atoms with Crippen LogP contribution in [0.4, 0.5) is 4.39 Å². The summed E-state index contributed by atoms with van der Waals surface area (Å²) in [6.07, 6.45) is 1.56. The number of pyridine rings is 1. The van der Waals surface area contributed by atoms with Crippen LogP contribution < -0.4 is 5.43 Å². The van der Waals surface area contributed by atoms with Gasteiger partial charge in [0.2, 0.25) is 5.43 Å². The van der Waals surface area contributed by atoms with Gasteiger partial charge in [-0.25, -0.2) is 4.79 Å². The summed E-state index contributed by atoms with van der Waals surface area (Å²) in [5.41, 5.74) is -0.164. The zero-order valence-electron chi connectivity index (χ0n) is 9.60. The van der Waals surface area contributed by atoms with E-state index in [0.29, 0.717) is 17.4 Å². The number of aromatic carboxylic acids is 1. The average Bonchev–Trinajstić information content (AvgIpc) is 2.38. The second-order valence-corrected chi connectivity index (χ2v) is 3.93. The Morgan fingerprint density at radius 1 is 1.33 bits per heavy atom. The number of hydrogen-bond donors (Lipinski definition) is 1. The van der Waals surface area contributed by atoms with Crippen LogP contribution in [-0.4, -0.2) is 22.3 Å². The van der Waals surface area contributed by atoms with Crippen LogP contribution in [-0.2, 0) is 6.54 Å². The normalized spacial score (nSPS) is 10.7. The van der Waals surface area contributed by atoms with Crippen molar-refractivity contribution in [2.24, 2.45) is 0 Å². The summed E-state index contributed by atoms with van der Waals surface area (Å²) in [5, 5.41) is 9.33. The zero-order valence-corrected chi connectivity index (χ0v) is 9.60. The quantitative estimate of drug-likeness (QED) is 0.902. The lowest BCUT2D eigenvalue weighted by atomic mass is 10.1. The number of fused-ring (bicyclic) bond motifs is 1. The minimum absolute atomic E-state index is 0.284. The first kappa shape index (κ1) is 12.3. The van der Waals surface area contributed by atoms with Crippen molar-refractivity contribution < 1.29 is 14.3 Å². The van der Waals surface area contributed by atoms with Crippen molar-refractivity contribution in [3.8, 4) is 0 Å². The van der Waals surface area contributed by atoms with E-state index in [1.54, 1.807) is 28.8 Å². The Labute approximate surface area is 102 Å². The Morgan fingerprint density at radius 3 is 2.72 bits per heavy atom. The van der Waals surface area contributed by atoms with Gasteiger partial charge >= 0.3 is 5.97 Å². The second-order valence-electron chi connectivity index (χ2n) is 3.93. The Hall–Kier alpha value is -2.17. The molecule has 1 heterocycles. The van der Waals surface area contributed by atoms with E-state index < -0.39 is 18.1 Å². The Balaban J connectivity index is 2.72. The fourth-order valence-corrected chi connectivity index (χ4v) is 1.91. The highest BCUT2D eigenvalue weighted by Crippen LogP contribution is 2.12. The fraction of sp³-hybridized carbons (Fsp3) is 0.231. The minimum Gasteiger partial charge on any atom is -0.477 e. The molecule has 18 heavy (non-hydrogen) atoms. The van der Waals surface area contributed by atoms with Crippen LogP contribution in [0.1, 0.15) is 16.8 Å². The number of aryl methyl sites for hydroxylation is 1. The molecule has 0 saturated carbocycles. The van der Waals surface area contributed by atoms with Gasteiger partial charge in [-0.1, -0.05) is 12.1 Å². The molecule has 1 aromatic heterocycles. The number of halogens is 1. The summed E-state index contributed by atoms with van der Waals surface area (Å²) < 4.78 is 13.8. The highest BCUT2D eigenvalue weighted by Gasteiger charge is 2.13. The number of carboxylic acid groups (broad SMARTS) is 1. The van der Waals surface area contributed by atoms with Gasteiger partial charge in [-0.15, -0.1) is 0 Å². The van der Waals surface area contributed by atoms with Gasteiger partial charge < -0.3 is 9.67 Å². The molecule has 94 valence electrons. The maximum atomic E-state index is 12.2. The van der Waals surface area contributed by atoms with Crippen molar-refractivity contribution in [1.29, 1.82) is 0 Å². The van der Waals surface area contributed by atoms with Crippen LogP contribution >= 0.6 is 0 Å². The summed E-state index contributed by atoms with van der Waals surface area (Å²) >= 11 is 0. The third-order valence-corrected chi connectivity index (χ3v) is 2.75. The highest BCUT2D eigenvalue weighted by molar-refractivity contribution is 5.92. The predicted molar refractivity (Wildman–Crippen MR) is 65.8 cm³/mol. The number of nitrogens with zero attached hydrogens (tertiary/aromatic N) is 1. The molecular formula is C13H12FNO3. The molecular weight excluding hydrogens is 237 g/mol. The lowest BCUT2D eigenvalue weighted by Crippen LogP contribution is -2.19. The second kappa shape index (κ2) is 5.00. The number of carbonyl (C=O) groups is 1. The standard InChI is InChI=1S/C13H12FNO3/c14-6-3-7-15-8-10(13(17)18)12(16)9-4-1-2-5-11(9)15/h1-2,4-5,8H,3,6-7H2,(H,17,18). The number of rotatable bonds is 4. The third kappa shape index (κ3) is 2.11. The maximum absolute atomic E-state index is 12.2. The van der Waals surface area contributed by atoms with E-state index in [1.807, 2.05) is 0 Å². The molecule has 0 spiro atoms. The van der Waals surface area contributed by atoms with E-state index in [2.05, 4.69) is 0 Å². The molecule has 0 unspecified atom stereocenters. The molecule has 2 aromatic rings. The monoisotopic (exact) mass is 249 g/mol. The van der Waals surface area contributed by atoms with Crippen LogP contribution in [0.2, 0.25) is 0 Å². The van der Waals surface area contributed by atoms with Crippen molar-refractivity contribution in [2.75, 3.05) is 6.67 Å². The Kier molecular flexibility index (Phi) is 3.41. The summed E-state index contributed by atoms with van der Waals surface area (Å²) in [6, 6.07) is 6.74. The Morgan fingerprint density at radius 2 is 2.06 bits per heavy atom. The Bertz CT molecular complexity index is 648. The van der Waals surface area contributed by atoms with Crippen molar-refractivity contribution in [1.82, 2.24) is 4.57 Å². The van der Waals surface area contributed by atoms with Gasteiger partial charge in [-0.3, -0.25) is 9.18 Å². The predicted octanol–water partition coefficient (Wildman–Crippen LogP) is 2.06. The first-order chi connectivity index (χ1) is 8.65. The first-order valence-electron chi connectivity index (χ1n) is 5.56. The number of para-hydroxylation sites is 1. The molecule has 1 aromatic carbocycles. The lowest BCUT2D eigenvalue weighted by molar-refractivity contribution is 0.0695. The van der Waals surface area contributed by atoms with Gasteiger partial charge in [0.05, 0.1) is 12.2 Å². The first-order valence-corrected chi connectivity index (χ1v) is 5.56. The molecule has 0 radical (unpaired) electrons. The number of hydrogen-bond acceptors (Lipinski definition) is 2. The number of carboxylic acids is 1. The summed E-state index contributed by atoms with van der Waals surface area (Å²) in [4.78, 5) is 22.9. The maximum Gasteiger partial charge on any atom is 0.341 e. The lowest BCUT2D eigenvalue weighted by Gasteiger charge is -2.11. The number of benzene rings is 1. The molecule has 2 rings (SSSR count). The van der Waals surface area contributed by atoms with Gasteiger partial charge in [-0.05, 0) is 18.6 Å².